The van der Waals surface area contributed by atoms with Crippen LogP contribution < -0.4 is 11.2 Å². The molecule has 0 saturated carbocycles. The average Bonchev–Trinajstić information content (AvgIpc) is 1.62. The zero-order valence-corrected chi connectivity index (χ0v) is 71.7. The third-order valence-electron chi connectivity index (χ3n) is 15.8. The standard InChI is InChI=1S/C16H28BNO4.C16H17ClN4O.C15H17N3.C9H8BrN3.C8H10BrN3.C7H4BrN.C2H2Cl2O.C2H6O.CH2O2.2ClH/c1-14(2,3)20-13(19)18-10-8-12(9-11-18)17-21-15(4,5)16(6,7)22-17;1-20-11-18-16(19-20)14-4-2-12(3-5-14)13-6-8-21(9-7-13)15(22)10-17;1-18-11-16-15(17-18)14-9-7-13(8-10-14)12-5-3-2-4-6-12;1-13-6-11-9(12-13)7-2-4-8(10)5-3-7;1-11-12-8(10)6-2-4-7(9)5-3-6;8-7-3-1-6(5-9)2-4-7;3-1-2(4)5;1-2-3;2-1-3;;/h8H,9-11H2,1-7H3;2-6,11H,7-10H2,1H3;5,7-11H,2-4,6H2,1H3;2-6H,1H3;2-5,11H,1H3,(H2,10,12);1-4H;1H2;3H,2H2,1H3;1H,(H,2,3);2*1H. The summed E-state index contributed by atoms with van der Waals surface area (Å²) in [6, 6.07) is 41.6. The van der Waals surface area contributed by atoms with Crippen LogP contribution in [0.5, 0.6) is 0 Å². The van der Waals surface area contributed by atoms with Crippen LogP contribution in [0.15, 0.2) is 183 Å². The molecule has 0 bridgehead atoms. The van der Waals surface area contributed by atoms with Gasteiger partial charge in [0.2, 0.25) is 11.1 Å². The zero-order valence-electron chi connectivity index (χ0n) is 63.1. The minimum atomic E-state index is -0.508. The van der Waals surface area contributed by atoms with Gasteiger partial charge in [0, 0.05) is 96.6 Å². The summed E-state index contributed by atoms with van der Waals surface area (Å²) in [5.74, 6) is 2.72. The largest absolute Gasteiger partial charge is 0.490 e. The number of benzene rings is 5. The molecule has 0 atom stereocenters. The Kier molecular flexibility index (Phi) is 44.8. The number of amidine groups is 1. The van der Waals surface area contributed by atoms with Crippen LogP contribution in [0.1, 0.15) is 116 Å². The van der Waals surface area contributed by atoms with E-state index in [4.69, 9.17) is 74.9 Å². The van der Waals surface area contributed by atoms with E-state index in [2.05, 4.69) is 137 Å². The second-order valence-electron chi connectivity index (χ2n) is 25.6. The third kappa shape index (κ3) is 35.0. The number of nitrogens with zero attached hydrogens (tertiary/aromatic N) is 13. The molecule has 5 N–H and O–H groups in total. The number of halogens is 8. The Morgan fingerprint density at radius 1 is 0.661 bits per heavy atom. The molecule has 0 spiro atoms. The van der Waals surface area contributed by atoms with E-state index < -0.39 is 10.8 Å². The summed E-state index contributed by atoms with van der Waals surface area (Å²) >= 11 is 25.1. The number of hydrazone groups is 1. The van der Waals surface area contributed by atoms with Gasteiger partial charge >= 0.3 is 13.2 Å². The smallest absolute Gasteiger partial charge is 0.483 e. The number of rotatable bonds is 10. The first-order valence-corrected chi connectivity index (χ1v) is 37.8. The number of carboxylic acid groups (broad SMARTS) is 1. The van der Waals surface area contributed by atoms with Gasteiger partial charge in [-0.2, -0.15) is 25.7 Å². The second-order valence-corrected chi connectivity index (χ2v) is 29.3. The number of carbonyl (C=O) groups excluding carboxylic acids is 3. The Morgan fingerprint density at radius 3 is 1.38 bits per heavy atom. The molecule has 8 aromatic rings. The van der Waals surface area contributed by atoms with Crippen molar-refractivity contribution in [2.24, 2.45) is 32.0 Å². The van der Waals surface area contributed by atoms with E-state index in [0.29, 0.717) is 31.0 Å². The fourth-order valence-electron chi connectivity index (χ4n) is 9.74. The van der Waals surface area contributed by atoms with Crippen molar-refractivity contribution in [2.45, 2.75) is 111 Å². The van der Waals surface area contributed by atoms with Gasteiger partial charge in [-0.1, -0.05) is 139 Å². The number of carbonyl (C=O) groups is 4. The van der Waals surface area contributed by atoms with E-state index in [1.54, 1.807) is 68.9 Å². The van der Waals surface area contributed by atoms with Crippen LogP contribution in [0.4, 0.5) is 4.79 Å². The van der Waals surface area contributed by atoms with Crippen LogP contribution in [0, 0.1) is 11.3 Å². The molecule has 4 aliphatic rings. The van der Waals surface area contributed by atoms with E-state index in [1.165, 1.54) is 48.0 Å². The highest BCUT2D eigenvalue weighted by Crippen LogP contribution is 2.40. The van der Waals surface area contributed by atoms with E-state index in [1.807, 2.05) is 155 Å². The highest BCUT2D eigenvalue weighted by atomic mass is 79.9. The van der Waals surface area contributed by atoms with Crippen LogP contribution in [0.2, 0.25) is 0 Å². The summed E-state index contributed by atoms with van der Waals surface area (Å²) in [5.41, 5.74) is 18.2. The molecule has 3 aromatic heterocycles. The van der Waals surface area contributed by atoms with Gasteiger partial charge in [-0.15, -0.1) is 48.0 Å². The summed E-state index contributed by atoms with van der Waals surface area (Å²) in [6.07, 6.45) is 18.0. The monoisotopic (exact) mass is 1790 g/mol. The molecule has 109 heavy (non-hydrogen) atoms. The summed E-state index contributed by atoms with van der Waals surface area (Å²) in [7, 11) is 7.00. The molecule has 6 heterocycles. The van der Waals surface area contributed by atoms with E-state index in [0.717, 1.165) is 78.0 Å². The van der Waals surface area contributed by atoms with Crippen molar-refractivity contribution in [1.29, 1.82) is 5.26 Å². The topological polar surface area (TPSA) is 309 Å². The summed E-state index contributed by atoms with van der Waals surface area (Å²) in [5, 5.41) is 39.0. The second kappa shape index (κ2) is 50.2. The van der Waals surface area contributed by atoms with Crippen molar-refractivity contribution in [1.82, 2.24) is 59.5 Å². The number of aliphatic hydroxyl groups excluding tert-OH is 1. The molecule has 2 amide bonds. The van der Waals surface area contributed by atoms with Gasteiger partial charge in [-0.25, -0.2) is 19.7 Å². The van der Waals surface area contributed by atoms with Gasteiger partial charge in [-0.05, 0) is 182 Å². The molecular formula is C76H96BBr3Cl5N15O9. The van der Waals surface area contributed by atoms with E-state index >= 15 is 0 Å². The van der Waals surface area contributed by atoms with Gasteiger partial charge in [0.15, 0.2) is 23.3 Å². The lowest BCUT2D eigenvalue weighted by Gasteiger charge is -2.32. The SMILES string of the molecule is CC(C)(C)OC(=O)N1CC=C(B2OC(C)(C)C(C)(C)O2)CC1.CCO.CNN=C(N)c1ccc(Br)cc1.Cl.Cl.Cn1cnc(-c2ccc(Br)cc2)n1.Cn1cnc(-c2ccc(C3=CCCCC3)cc2)n1.Cn1cnc(-c2ccc(C3=CCN(C(=O)CCl)CC3)cc2)n1.N#Cc1ccc(Br)cc1.O=C(Cl)CCl.O=CO. The lowest BCUT2D eigenvalue weighted by molar-refractivity contribution is -0.128. The molecule has 12 rings (SSSR count). The highest BCUT2D eigenvalue weighted by Gasteiger charge is 2.52. The van der Waals surface area contributed by atoms with Crippen LogP contribution >= 0.6 is 107 Å². The molecule has 3 aliphatic heterocycles. The predicted molar refractivity (Wildman–Crippen MR) is 450 cm³/mol. The Labute approximate surface area is 692 Å². The quantitative estimate of drug-likeness (QED) is 0.0188. The Morgan fingerprint density at radius 2 is 1.05 bits per heavy atom. The zero-order chi connectivity index (χ0) is 79.3. The first kappa shape index (κ1) is 97.3. The lowest BCUT2D eigenvalue weighted by atomic mass is 9.75. The summed E-state index contributed by atoms with van der Waals surface area (Å²) < 4.78 is 25.7. The van der Waals surface area contributed by atoms with Crippen molar-refractivity contribution < 1.29 is 43.4 Å². The fraction of sp³-hybridized carbons (Fsp3) is 0.368. The number of ether oxygens (including phenoxy) is 1. The van der Waals surface area contributed by atoms with Crippen LogP contribution in [-0.2, 0) is 49.6 Å². The average molecular weight is 1790 g/mol. The molecule has 0 radical (unpaired) electrons. The number of allylic oxidation sites excluding steroid dienone is 2. The van der Waals surface area contributed by atoms with Crippen molar-refractivity contribution in [3.63, 3.8) is 0 Å². The number of aromatic nitrogens is 9. The normalized spacial score (nSPS) is 14.2. The number of nitrogens with one attached hydrogen (secondary N) is 1. The van der Waals surface area contributed by atoms with Crippen molar-refractivity contribution >= 4 is 155 Å². The molecule has 5 aromatic carbocycles. The maximum Gasteiger partial charge on any atom is 0.490 e. The highest BCUT2D eigenvalue weighted by molar-refractivity contribution is 9.11. The number of nitriles is 1. The molecule has 1 aliphatic carbocycles. The maximum absolute atomic E-state index is 12.1. The minimum Gasteiger partial charge on any atom is -0.483 e. The first-order chi connectivity index (χ1) is 50.8. The van der Waals surface area contributed by atoms with Crippen molar-refractivity contribution in [2.75, 3.05) is 51.6 Å². The minimum absolute atomic E-state index is 0. The number of hydrogen-bond acceptors (Lipinski definition) is 17. The predicted octanol–water partition coefficient (Wildman–Crippen LogP) is 16.3. The summed E-state index contributed by atoms with van der Waals surface area (Å²) in [4.78, 5) is 57.6. The number of aliphatic hydroxyl groups is 1. The lowest BCUT2D eigenvalue weighted by Crippen LogP contribution is -2.41. The molecule has 0 unspecified atom stereocenters. The van der Waals surface area contributed by atoms with Crippen LogP contribution in [0.25, 0.3) is 45.3 Å². The Balaban J connectivity index is 0.000000438. The van der Waals surface area contributed by atoms with E-state index in [-0.39, 0.29) is 80.0 Å². The van der Waals surface area contributed by atoms with Gasteiger partial charge in [0.1, 0.15) is 30.5 Å². The molecule has 33 heteroatoms. The number of hydrogen-bond donors (Lipinski definition) is 4. The first-order valence-electron chi connectivity index (χ1n) is 34.0. The number of aryl methyl sites for hydroxylation is 3. The van der Waals surface area contributed by atoms with Crippen molar-refractivity contribution in [3.05, 3.63) is 200 Å². The molecule has 1 saturated heterocycles. The summed E-state index contributed by atoms with van der Waals surface area (Å²) in [6.45, 7) is 18.0. The molecule has 24 nitrogen and oxygen atoms in total. The van der Waals surface area contributed by atoms with E-state index in [9.17, 15) is 14.4 Å². The molecular weight excluding hydrogens is 1690 g/mol. The third-order valence-corrected chi connectivity index (χ3v) is 18.1. The van der Waals surface area contributed by atoms with Gasteiger partial charge in [-0.3, -0.25) is 28.4 Å². The van der Waals surface area contributed by atoms with Crippen molar-refractivity contribution in [3.8, 4) is 40.2 Å². The van der Waals surface area contributed by atoms with Crippen LogP contribution in [-0.4, -0.2) is 169 Å². The molecule has 588 valence electrons. The van der Waals surface area contributed by atoms with Gasteiger partial charge < -0.3 is 45.2 Å². The Bertz CT molecular complexity index is 4210. The fourth-order valence-corrected chi connectivity index (χ4v) is 10.7. The molecule has 1 fully saturated rings. The maximum atomic E-state index is 12.1. The number of nitrogens with two attached hydrogens (primary N) is 1. The Hall–Kier alpha value is -7.79. The van der Waals surface area contributed by atoms with Gasteiger partial charge in [0.25, 0.3) is 6.47 Å². The van der Waals surface area contributed by atoms with Crippen LogP contribution in [0.3, 0.4) is 0 Å². The van der Waals surface area contributed by atoms with Gasteiger partial charge in [0.05, 0.1) is 28.7 Å². The number of alkyl halides is 2. The number of amides is 2.